The molecule has 2 rings (SSSR count). The van der Waals surface area contributed by atoms with Crippen LogP contribution in [0.25, 0.3) is 0 Å². The van der Waals surface area contributed by atoms with Crippen LogP contribution in [0.15, 0.2) is 53.8 Å². The molecule has 1 aromatic carbocycles. The summed E-state index contributed by atoms with van der Waals surface area (Å²) >= 11 is 0. The lowest BCUT2D eigenvalue weighted by atomic mass is 9.76. The van der Waals surface area contributed by atoms with Gasteiger partial charge in [-0.25, -0.2) is 0 Å². The van der Waals surface area contributed by atoms with Crippen molar-refractivity contribution < 1.29 is 20.1 Å². The topological polar surface area (TPSA) is 77.8 Å². The number of rotatable bonds is 3. The molecule has 0 radical (unpaired) electrons. The molecule has 1 aliphatic rings. The molecule has 0 aliphatic heterocycles. The van der Waals surface area contributed by atoms with Crippen LogP contribution in [0.4, 0.5) is 0 Å². The molecular formula is C15H16O4. The lowest BCUT2D eigenvalue weighted by Gasteiger charge is -2.34. The highest BCUT2D eigenvalue weighted by atomic mass is 16.4. The molecule has 1 aliphatic carbocycles. The van der Waals surface area contributed by atoms with Gasteiger partial charge in [-0.2, -0.15) is 0 Å². The van der Waals surface area contributed by atoms with Crippen molar-refractivity contribution in [3.63, 3.8) is 0 Å². The number of hydrogen-bond donors (Lipinski definition) is 3. The Bertz CT molecular complexity index is 541. The normalized spacial score (nSPS) is 26.5. The zero-order chi connectivity index (χ0) is 14.0. The number of aliphatic carboxylic acids is 1. The molecule has 1 aromatic rings. The first kappa shape index (κ1) is 13.4. The van der Waals surface area contributed by atoms with Crippen LogP contribution in [-0.4, -0.2) is 26.9 Å². The molecule has 0 aromatic heterocycles. The summed E-state index contributed by atoms with van der Waals surface area (Å²) in [6, 6.07) is 9.32. The van der Waals surface area contributed by atoms with Gasteiger partial charge in [-0.1, -0.05) is 36.4 Å². The SMILES string of the molecule is CC1(O)C(Cc2ccccc2)=C(O)C=CC1C(=O)O. The van der Waals surface area contributed by atoms with E-state index in [0.29, 0.717) is 12.0 Å². The standard InChI is InChI=1S/C15H16O4/c1-15(19)11(14(17)18)7-8-13(16)12(15)9-10-5-3-2-4-6-10/h2-8,11,16,19H,9H2,1H3,(H,17,18). The summed E-state index contributed by atoms with van der Waals surface area (Å²) in [6.07, 6.45) is 2.97. The van der Waals surface area contributed by atoms with Crippen molar-refractivity contribution in [2.75, 3.05) is 0 Å². The Morgan fingerprint density at radius 2 is 1.95 bits per heavy atom. The largest absolute Gasteiger partial charge is 0.508 e. The molecule has 0 heterocycles. The van der Waals surface area contributed by atoms with Crippen LogP contribution < -0.4 is 0 Å². The van der Waals surface area contributed by atoms with Gasteiger partial charge in [-0.15, -0.1) is 0 Å². The fraction of sp³-hybridized carbons (Fsp3) is 0.267. The average molecular weight is 260 g/mol. The first-order valence-electron chi connectivity index (χ1n) is 6.03. The van der Waals surface area contributed by atoms with Gasteiger partial charge in [0.15, 0.2) is 0 Å². The molecule has 0 saturated carbocycles. The minimum atomic E-state index is -1.60. The predicted molar refractivity (Wildman–Crippen MR) is 70.7 cm³/mol. The van der Waals surface area contributed by atoms with E-state index >= 15 is 0 Å². The first-order chi connectivity index (χ1) is 8.93. The van der Waals surface area contributed by atoms with Crippen LogP contribution in [0, 0.1) is 5.92 Å². The van der Waals surface area contributed by atoms with Crippen molar-refractivity contribution >= 4 is 5.97 Å². The quantitative estimate of drug-likeness (QED) is 0.777. The van der Waals surface area contributed by atoms with Gasteiger partial charge in [-0.05, 0) is 18.6 Å². The van der Waals surface area contributed by atoms with E-state index in [2.05, 4.69) is 0 Å². The lowest BCUT2D eigenvalue weighted by molar-refractivity contribution is -0.146. The van der Waals surface area contributed by atoms with Gasteiger partial charge in [-0.3, -0.25) is 4.79 Å². The number of benzene rings is 1. The van der Waals surface area contributed by atoms with Gasteiger partial charge in [0.2, 0.25) is 0 Å². The van der Waals surface area contributed by atoms with E-state index in [1.807, 2.05) is 30.3 Å². The Morgan fingerprint density at radius 3 is 2.53 bits per heavy atom. The zero-order valence-corrected chi connectivity index (χ0v) is 10.6. The van der Waals surface area contributed by atoms with Gasteiger partial charge in [0, 0.05) is 12.0 Å². The van der Waals surface area contributed by atoms with Crippen LogP contribution in [0.3, 0.4) is 0 Å². The summed E-state index contributed by atoms with van der Waals surface area (Å²) in [5.41, 5.74) is -0.363. The van der Waals surface area contributed by atoms with Crippen LogP contribution in [0.1, 0.15) is 12.5 Å². The number of aliphatic hydroxyl groups excluding tert-OH is 1. The fourth-order valence-corrected chi connectivity index (χ4v) is 2.31. The molecule has 2 atom stereocenters. The molecular weight excluding hydrogens is 244 g/mol. The second kappa shape index (κ2) is 4.90. The van der Waals surface area contributed by atoms with E-state index in [4.69, 9.17) is 5.11 Å². The number of hydrogen-bond acceptors (Lipinski definition) is 3. The fourth-order valence-electron chi connectivity index (χ4n) is 2.31. The molecule has 0 fully saturated rings. The monoisotopic (exact) mass is 260 g/mol. The Hall–Kier alpha value is -2.07. The molecule has 0 amide bonds. The van der Waals surface area contributed by atoms with Crippen molar-refractivity contribution in [1.82, 2.24) is 0 Å². The summed E-state index contributed by atoms with van der Waals surface area (Å²) in [4.78, 5) is 11.2. The van der Waals surface area contributed by atoms with Crippen LogP contribution in [-0.2, 0) is 11.2 Å². The van der Waals surface area contributed by atoms with E-state index < -0.39 is 17.5 Å². The highest BCUT2D eigenvalue weighted by Crippen LogP contribution is 2.35. The first-order valence-corrected chi connectivity index (χ1v) is 6.03. The van der Waals surface area contributed by atoms with Gasteiger partial charge < -0.3 is 15.3 Å². The third-order valence-electron chi connectivity index (χ3n) is 3.46. The Morgan fingerprint density at radius 1 is 1.32 bits per heavy atom. The minimum absolute atomic E-state index is 0.0636. The summed E-state index contributed by atoms with van der Waals surface area (Å²) in [7, 11) is 0. The maximum atomic E-state index is 11.2. The highest BCUT2D eigenvalue weighted by molar-refractivity contribution is 5.75. The lowest BCUT2D eigenvalue weighted by Crippen LogP contribution is -2.43. The van der Waals surface area contributed by atoms with Gasteiger partial charge in [0.05, 0.1) is 0 Å². The van der Waals surface area contributed by atoms with Crippen molar-refractivity contribution in [1.29, 1.82) is 0 Å². The molecule has 3 N–H and O–H groups in total. The van der Waals surface area contributed by atoms with E-state index in [-0.39, 0.29) is 5.76 Å². The molecule has 4 nitrogen and oxygen atoms in total. The number of allylic oxidation sites excluding steroid dienone is 1. The van der Waals surface area contributed by atoms with Crippen molar-refractivity contribution in [3.8, 4) is 0 Å². The smallest absolute Gasteiger partial charge is 0.313 e. The average Bonchev–Trinajstić information content (AvgIpc) is 2.35. The summed E-state index contributed by atoms with van der Waals surface area (Å²) in [5, 5.41) is 29.5. The molecule has 0 saturated heterocycles. The van der Waals surface area contributed by atoms with Crippen molar-refractivity contribution in [3.05, 3.63) is 59.4 Å². The minimum Gasteiger partial charge on any atom is -0.508 e. The summed E-state index contributed by atoms with van der Waals surface area (Å²) < 4.78 is 0. The van der Waals surface area contributed by atoms with E-state index in [1.54, 1.807) is 0 Å². The van der Waals surface area contributed by atoms with E-state index in [0.717, 1.165) is 5.56 Å². The predicted octanol–water partition coefficient (Wildman–Crippen LogP) is 2.06. The van der Waals surface area contributed by atoms with Crippen LogP contribution >= 0.6 is 0 Å². The number of aliphatic hydroxyl groups is 2. The Balaban J connectivity index is 2.36. The van der Waals surface area contributed by atoms with Crippen molar-refractivity contribution in [2.45, 2.75) is 18.9 Å². The highest BCUT2D eigenvalue weighted by Gasteiger charge is 2.42. The van der Waals surface area contributed by atoms with Gasteiger partial charge in [0.1, 0.15) is 17.3 Å². The molecule has 0 spiro atoms. The Kier molecular flexibility index (Phi) is 3.44. The molecule has 19 heavy (non-hydrogen) atoms. The third kappa shape index (κ3) is 2.53. The van der Waals surface area contributed by atoms with Crippen molar-refractivity contribution in [2.24, 2.45) is 5.92 Å². The Labute approximate surface area is 111 Å². The number of carboxylic acids is 1. The third-order valence-corrected chi connectivity index (χ3v) is 3.46. The van der Waals surface area contributed by atoms with Crippen LogP contribution in [0.2, 0.25) is 0 Å². The molecule has 2 unspecified atom stereocenters. The summed E-state index contributed by atoms with van der Waals surface area (Å²) in [6.45, 7) is 1.42. The molecule has 100 valence electrons. The van der Waals surface area contributed by atoms with E-state index in [1.165, 1.54) is 19.1 Å². The molecule has 0 bridgehead atoms. The maximum Gasteiger partial charge on any atom is 0.313 e. The molecule has 4 heteroatoms. The second-order valence-electron chi connectivity index (χ2n) is 4.85. The number of carbonyl (C=O) groups is 1. The zero-order valence-electron chi connectivity index (χ0n) is 10.6. The van der Waals surface area contributed by atoms with E-state index in [9.17, 15) is 15.0 Å². The maximum absolute atomic E-state index is 11.2. The number of carboxylic acid groups (broad SMARTS) is 1. The van der Waals surface area contributed by atoms with Gasteiger partial charge in [0.25, 0.3) is 0 Å². The summed E-state index contributed by atoms with van der Waals surface area (Å²) in [5.74, 6) is -2.23. The van der Waals surface area contributed by atoms with Gasteiger partial charge >= 0.3 is 5.97 Å². The second-order valence-corrected chi connectivity index (χ2v) is 4.85. The van der Waals surface area contributed by atoms with Crippen LogP contribution in [0.5, 0.6) is 0 Å².